The van der Waals surface area contributed by atoms with Crippen LogP contribution < -0.4 is 11.1 Å². The van der Waals surface area contributed by atoms with Gasteiger partial charge in [-0.05, 0) is 24.1 Å². The lowest BCUT2D eigenvalue weighted by atomic mass is 10.1. The van der Waals surface area contributed by atoms with Gasteiger partial charge in [0.15, 0.2) is 5.69 Å². The predicted molar refractivity (Wildman–Crippen MR) is 103 cm³/mol. The van der Waals surface area contributed by atoms with Crippen LogP contribution in [0.4, 0.5) is 8.78 Å². The Kier molecular flexibility index (Phi) is 5.09. The van der Waals surface area contributed by atoms with Crippen molar-refractivity contribution < 1.29 is 18.0 Å². The molecular weight excluding hydrogens is 378 g/mol. The van der Waals surface area contributed by atoms with Crippen LogP contribution in [-0.2, 0) is 13.0 Å². The van der Waals surface area contributed by atoms with E-state index in [1.54, 1.807) is 0 Å². The summed E-state index contributed by atoms with van der Waals surface area (Å²) in [5.74, 6) is -1.72. The van der Waals surface area contributed by atoms with Gasteiger partial charge in [0.25, 0.3) is 5.91 Å². The van der Waals surface area contributed by atoms with Gasteiger partial charge in [0, 0.05) is 35.3 Å². The fourth-order valence-electron chi connectivity index (χ4n) is 3.12. The maximum Gasteiger partial charge on any atom is 0.273 e. The Balaban J connectivity index is 1.41. The predicted octanol–water partition coefficient (Wildman–Crippen LogP) is 3.61. The summed E-state index contributed by atoms with van der Waals surface area (Å²) in [5.41, 5.74) is 8.43. The number of amides is 1. The standard InChI is InChI=1S/C21H18F2N4O2/c22-14-6-5-12(16(23)8-14)9-26-20(28)19-11-29-21(27-19)17(24)7-13-10-25-18-4-2-1-3-15(13)18/h1-6,8,10-11,17,25H,7,9,24H2,(H,26,28). The number of fused-ring (bicyclic) bond motifs is 1. The van der Waals surface area contributed by atoms with Crippen LogP contribution in [0, 0.1) is 11.6 Å². The van der Waals surface area contributed by atoms with Crippen LogP contribution in [0.1, 0.15) is 33.5 Å². The van der Waals surface area contributed by atoms with Crippen LogP contribution in [0.3, 0.4) is 0 Å². The topological polar surface area (TPSA) is 96.9 Å². The van der Waals surface area contributed by atoms with Crippen LogP contribution in [0.5, 0.6) is 0 Å². The van der Waals surface area contributed by atoms with Crippen molar-refractivity contribution in [1.29, 1.82) is 0 Å². The maximum absolute atomic E-state index is 13.7. The number of halogens is 2. The number of hydrogen-bond acceptors (Lipinski definition) is 4. The Morgan fingerprint density at radius 1 is 1.21 bits per heavy atom. The number of oxazole rings is 1. The molecule has 0 saturated heterocycles. The maximum atomic E-state index is 13.7. The number of carbonyl (C=O) groups is 1. The summed E-state index contributed by atoms with van der Waals surface area (Å²) >= 11 is 0. The lowest BCUT2D eigenvalue weighted by Gasteiger charge is -2.06. The van der Waals surface area contributed by atoms with Gasteiger partial charge in [-0.3, -0.25) is 4.79 Å². The molecule has 2 heterocycles. The highest BCUT2D eigenvalue weighted by Crippen LogP contribution is 2.23. The van der Waals surface area contributed by atoms with Gasteiger partial charge in [-0.25, -0.2) is 13.8 Å². The zero-order valence-corrected chi connectivity index (χ0v) is 15.3. The molecule has 0 aliphatic carbocycles. The summed E-state index contributed by atoms with van der Waals surface area (Å²) in [7, 11) is 0. The Hall–Kier alpha value is -3.52. The molecule has 1 unspecified atom stereocenters. The largest absolute Gasteiger partial charge is 0.446 e. The zero-order chi connectivity index (χ0) is 20.4. The van der Waals surface area contributed by atoms with Crippen LogP contribution in [0.15, 0.2) is 59.3 Å². The van der Waals surface area contributed by atoms with Gasteiger partial charge in [0.1, 0.15) is 17.9 Å². The molecule has 0 aliphatic rings. The molecule has 0 bridgehead atoms. The summed E-state index contributed by atoms with van der Waals surface area (Å²) in [5, 5.41) is 3.59. The Labute approximate surface area is 164 Å². The number of H-pyrrole nitrogens is 1. The number of aromatic amines is 1. The number of nitrogens with zero attached hydrogens (tertiary/aromatic N) is 1. The zero-order valence-electron chi connectivity index (χ0n) is 15.3. The summed E-state index contributed by atoms with van der Waals surface area (Å²) in [4.78, 5) is 19.6. The summed E-state index contributed by atoms with van der Waals surface area (Å²) < 4.78 is 32.0. The van der Waals surface area contributed by atoms with Crippen molar-refractivity contribution in [2.24, 2.45) is 5.73 Å². The van der Waals surface area contributed by atoms with E-state index < -0.39 is 23.6 Å². The molecule has 0 aliphatic heterocycles. The number of benzene rings is 2. The Morgan fingerprint density at radius 3 is 2.86 bits per heavy atom. The van der Waals surface area contributed by atoms with Crippen LogP contribution in [-0.4, -0.2) is 15.9 Å². The molecule has 2 aromatic carbocycles. The van der Waals surface area contributed by atoms with Gasteiger partial charge >= 0.3 is 0 Å². The second-order valence-corrected chi connectivity index (χ2v) is 6.66. The second-order valence-electron chi connectivity index (χ2n) is 6.66. The lowest BCUT2D eigenvalue weighted by Crippen LogP contribution is -2.24. The highest BCUT2D eigenvalue weighted by Gasteiger charge is 2.19. The molecule has 8 heteroatoms. The first-order valence-electron chi connectivity index (χ1n) is 8.99. The number of nitrogens with two attached hydrogens (primary N) is 1. The van der Waals surface area contributed by atoms with E-state index in [1.165, 1.54) is 12.3 Å². The van der Waals surface area contributed by atoms with E-state index in [0.717, 1.165) is 28.6 Å². The fraction of sp³-hybridized carbons (Fsp3) is 0.143. The van der Waals surface area contributed by atoms with Crippen LogP contribution >= 0.6 is 0 Å². The second kappa shape index (κ2) is 7.84. The third-order valence-electron chi connectivity index (χ3n) is 4.64. The first-order valence-corrected chi connectivity index (χ1v) is 8.99. The summed E-state index contributed by atoms with van der Waals surface area (Å²) in [6, 6.07) is 10.5. The lowest BCUT2D eigenvalue weighted by molar-refractivity contribution is 0.0945. The minimum absolute atomic E-state index is 0.0388. The number of nitrogens with one attached hydrogen (secondary N) is 2. The van der Waals surface area contributed by atoms with E-state index in [9.17, 15) is 13.6 Å². The van der Waals surface area contributed by atoms with E-state index in [2.05, 4.69) is 15.3 Å². The average Bonchev–Trinajstić information content (AvgIpc) is 3.35. The Morgan fingerprint density at radius 2 is 2.03 bits per heavy atom. The number of aromatic nitrogens is 2. The van der Waals surface area contributed by atoms with Crippen molar-refractivity contribution in [3.8, 4) is 0 Å². The first kappa shape index (κ1) is 18.8. The van der Waals surface area contributed by atoms with E-state index in [4.69, 9.17) is 10.2 Å². The summed E-state index contributed by atoms with van der Waals surface area (Å²) in [6.45, 7) is -0.103. The van der Waals surface area contributed by atoms with Gasteiger partial charge in [-0.15, -0.1) is 0 Å². The number of hydrogen-bond donors (Lipinski definition) is 3. The van der Waals surface area contributed by atoms with Crippen molar-refractivity contribution in [2.75, 3.05) is 0 Å². The molecule has 29 heavy (non-hydrogen) atoms. The monoisotopic (exact) mass is 396 g/mol. The molecule has 0 spiro atoms. The van der Waals surface area contributed by atoms with Gasteiger partial charge in [-0.2, -0.15) is 0 Å². The first-order chi connectivity index (χ1) is 14.0. The third-order valence-corrected chi connectivity index (χ3v) is 4.64. The van der Waals surface area contributed by atoms with Crippen molar-refractivity contribution >= 4 is 16.8 Å². The Bertz CT molecular complexity index is 1170. The molecule has 2 aromatic heterocycles. The molecule has 148 valence electrons. The molecule has 0 saturated carbocycles. The fourth-order valence-corrected chi connectivity index (χ4v) is 3.12. The molecule has 4 aromatic rings. The average molecular weight is 396 g/mol. The normalized spacial score (nSPS) is 12.2. The SMILES string of the molecule is NC(Cc1c[nH]c2ccccc12)c1nc(C(=O)NCc2ccc(F)cc2F)co1. The molecule has 4 rings (SSSR count). The molecule has 6 nitrogen and oxygen atoms in total. The molecule has 4 N–H and O–H groups in total. The smallest absolute Gasteiger partial charge is 0.273 e. The highest BCUT2D eigenvalue weighted by atomic mass is 19.1. The quantitative estimate of drug-likeness (QED) is 0.464. The number of carbonyl (C=O) groups excluding carboxylic acids is 1. The van der Waals surface area contributed by atoms with Crippen molar-refractivity contribution in [3.63, 3.8) is 0 Å². The molecular formula is C21H18F2N4O2. The van der Waals surface area contributed by atoms with Crippen molar-refractivity contribution in [3.05, 3.63) is 89.3 Å². The van der Waals surface area contributed by atoms with Crippen molar-refractivity contribution in [2.45, 2.75) is 19.0 Å². The minimum atomic E-state index is -0.730. The van der Waals surface area contributed by atoms with E-state index in [1.807, 2.05) is 30.5 Å². The third kappa shape index (κ3) is 4.02. The van der Waals surface area contributed by atoms with Gasteiger partial charge in [-0.1, -0.05) is 24.3 Å². The van der Waals surface area contributed by atoms with Gasteiger partial charge in [0.05, 0.1) is 6.04 Å². The minimum Gasteiger partial charge on any atom is -0.446 e. The molecule has 0 fully saturated rings. The van der Waals surface area contributed by atoms with Gasteiger partial charge in [0.2, 0.25) is 5.89 Å². The molecule has 1 amide bonds. The van der Waals surface area contributed by atoms with Crippen LogP contribution in [0.25, 0.3) is 10.9 Å². The highest BCUT2D eigenvalue weighted by molar-refractivity contribution is 5.91. The number of rotatable bonds is 6. The molecule has 0 radical (unpaired) electrons. The van der Waals surface area contributed by atoms with E-state index in [0.29, 0.717) is 6.42 Å². The van der Waals surface area contributed by atoms with E-state index >= 15 is 0 Å². The van der Waals surface area contributed by atoms with Crippen molar-refractivity contribution in [1.82, 2.24) is 15.3 Å². The molecule has 1 atom stereocenters. The van der Waals surface area contributed by atoms with E-state index in [-0.39, 0.29) is 23.7 Å². The van der Waals surface area contributed by atoms with Gasteiger partial charge < -0.3 is 20.5 Å². The van der Waals surface area contributed by atoms with Crippen LogP contribution in [0.2, 0.25) is 0 Å². The number of para-hydroxylation sites is 1. The summed E-state index contributed by atoms with van der Waals surface area (Å²) in [6.07, 6.45) is 3.57.